The average Bonchev–Trinajstić information content (AvgIpc) is 2.55. The number of amides is 2. The first kappa shape index (κ1) is 18.7. The van der Waals surface area contributed by atoms with Gasteiger partial charge < -0.3 is 15.2 Å². The maximum absolute atomic E-state index is 13.7. The van der Waals surface area contributed by atoms with Crippen LogP contribution in [0, 0.1) is 5.82 Å². The first-order chi connectivity index (χ1) is 12.0. The third-order valence-corrected chi connectivity index (χ3v) is 3.64. The molecular weight excluding hydrogens is 393 g/mol. The van der Waals surface area contributed by atoms with Gasteiger partial charge in [0.05, 0.1) is 17.3 Å². The van der Waals surface area contributed by atoms with E-state index < -0.39 is 6.03 Å². The maximum atomic E-state index is 13.7. The lowest BCUT2D eigenvalue weighted by molar-refractivity contribution is 0.249. The molecule has 0 aromatic heterocycles. The second-order valence-electron chi connectivity index (χ2n) is 4.88. The van der Waals surface area contributed by atoms with E-state index in [1.807, 2.05) is 6.92 Å². The predicted octanol–water partition coefficient (Wildman–Crippen LogP) is 3.57. The molecule has 8 heteroatoms. The van der Waals surface area contributed by atoms with Crippen molar-refractivity contribution in [2.45, 2.75) is 13.5 Å². The summed E-state index contributed by atoms with van der Waals surface area (Å²) in [6.07, 6.45) is 1.42. The minimum absolute atomic E-state index is 0.0576. The molecule has 0 fully saturated rings. The highest BCUT2D eigenvalue weighted by molar-refractivity contribution is 9.10. The molecule has 2 amide bonds. The van der Waals surface area contributed by atoms with Crippen molar-refractivity contribution < 1.29 is 18.7 Å². The Kier molecular flexibility index (Phi) is 6.76. The lowest BCUT2D eigenvalue weighted by Crippen LogP contribution is -2.24. The van der Waals surface area contributed by atoms with Crippen molar-refractivity contribution in [2.24, 2.45) is 10.8 Å². The van der Waals surface area contributed by atoms with Crippen LogP contribution in [0.3, 0.4) is 0 Å². The van der Waals surface area contributed by atoms with E-state index in [1.54, 1.807) is 30.3 Å². The van der Waals surface area contributed by atoms with E-state index in [-0.39, 0.29) is 12.4 Å². The van der Waals surface area contributed by atoms with Gasteiger partial charge in [-0.05, 0) is 46.6 Å². The van der Waals surface area contributed by atoms with E-state index in [0.29, 0.717) is 33.7 Å². The summed E-state index contributed by atoms with van der Waals surface area (Å²) < 4.78 is 25.7. The first-order valence-corrected chi connectivity index (χ1v) is 8.21. The van der Waals surface area contributed by atoms with Gasteiger partial charge in [-0.15, -0.1) is 0 Å². The molecule has 0 aliphatic heterocycles. The molecule has 132 valence electrons. The van der Waals surface area contributed by atoms with Crippen LogP contribution in [-0.4, -0.2) is 18.9 Å². The molecule has 0 radical (unpaired) electrons. The minimum Gasteiger partial charge on any atom is -0.490 e. The Morgan fingerprint density at radius 1 is 1.36 bits per heavy atom. The molecule has 0 aliphatic carbocycles. The molecule has 0 bridgehead atoms. The van der Waals surface area contributed by atoms with E-state index in [4.69, 9.17) is 15.2 Å². The lowest BCUT2D eigenvalue weighted by atomic mass is 10.2. The number of rotatable bonds is 7. The monoisotopic (exact) mass is 409 g/mol. The molecule has 0 unspecified atom stereocenters. The standard InChI is InChI=1S/C17H17BrFN3O3/c1-2-24-15-8-11(9-21-22-17(20)23)7-13(18)16(15)25-10-12-5-3-4-6-14(12)19/h3-9H,2,10H2,1H3,(H3,20,22,23)/b21-9+. The van der Waals surface area contributed by atoms with Crippen LogP contribution in [0.15, 0.2) is 46.0 Å². The number of hydrogen-bond donors (Lipinski definition) is 2. The summed E-state index contributed by atoms with van der Waals surface area (Å²) in [5.74, 6) is 0.580. The smallest absolute Gasteiger partial charge is 0.332 e. The van der Waals surface area contributed by atoms with Crippen molar-refractivity contribution in [2.75, 3.05) is 6.61 Å². The molecule has 25 heavy (non-hydrogen) atoms. The van der Waals surface area contributed by atoms with E-state index in [9.17, 15) is 9.18 Å². The number of nitrogens with zero attached hydrogens (tertiary/aromatic N) is 1. The average molecular weight is 410 g/mol. The van der Waals surface area contributed by atoms with Gasteiger partial charge in [0, 0.05) is 5.56 Å². The van der Waals surface area contributed by atoms with Gasteiger partial charge in [-0.1, -0.05) is 18.2 Å². The van der Waals surface area contributed by atoms with E-state index >= 15 is 0 Å². The second-order valence-corrected chi connectivity index (χ2v) is 5.73. The Hall–Kier alpha value is -2.61. The fraction of sp³-hybridized carbons (Fsp3) is 0.176. The second kappa shape index (κ2) is 9.03. The van der Waals surface area contributed by atoms with E-state index in [0.717, 1.165) is 0 Å². The highest BCUT2D eigenvalue weighted by Crippen LogP contribution is 2.37. The summed E-state index contributed by atoms with van der Waals surface area (Å²) in [7, 11) is 0. The molecule has 2 aromatic rings. The molecule has 3 N–H and O–H groups in total. The van der Waals surface area contributed by atoms with Gasteiger partial charge in [-0.3, -0.25) is 0 Å². The van der Waals surface area contributed by atoms with Gasteiger partial charge in [0.2, 0.25) is 0 Å². The van der Waals surface area contributed by atoms with E-state index in [1.165, 1.54) is 12.3 Å². The molecule has 0 heterocycles. The number of nitrogens with two attached hydrogens (primary N) is 1. The summed E-state index contributed by atoms with van der Waals surface area (Å²) in [6, 6.07) is 9.05. The zero-order valence-corrected chi connectivity index (χ0v) is 15.0. The number of hydrogen-bond acceptors (Lipinski definition) is 4. The zero-order chi connectivity index (χ0) is 18.2. The normalized spacial score (nSPS) is 10.7. The Morgan fingerprint density at radius 3 is 2.80 bits per heavy atom. The molecule has 0 saturated carbocycles. The van der Waals surface area contributed by atoms with Crippen molar-refractivity contribution in [3.63, 3.8) is 0 Å². The third kappa shape index (κ3) is 5.46. The molecule has 0 atom stereocenters. The molecular formula is C17H17BrFN3O3. The fourth-order valence-corrected chi connectivity index (χ4v) is 2.58. The van der Waals surface area contributed by atoms with Crippen LogP contribution in [0.4, 0.5) is 9.18 Å². The van der Waals surface area contributed by atoms with Crippen LogP contribution >= 0.6 is 15.9 Å². The van der Waals surface area contributed by atoms with Gasteiger partial charge in [-0.2, -0.15) is 5.10 Å². The fourth-order valence-electron chi connectivity index (χ4n) is 2.00. The number of halogens is 2. The Balaban J connectivity index is 2.23. The van der Waals surface area contributed by atoms with Crippen LogP contribution < -0.4 is 20.6 Å². The van der Waals surface area contributed by atoms with Crippen molar-refractivity contribution in [3.05, 3.63) is 57.8 Å². The predicted molar refractivity (Wildman–Crippen MR) is 96.4 cm³/mol. The lowest BCUT2D eigenvalue weighted by Gasteiger charge is -2.15. The number of primary amides is 1. The summed E-state index contributed by atoms with van der Waals surface area (Å²) in [6.45, 7) is 2.31. The van der Waals surface area contributed by atoms with Crippen LogP contribution in [0.25, 0.3) is 0 Å². The van der Waals surface area contributed by atoms with E-state index in [2.05, 4.69) is 26.5 Å². The Morgan fingerprint density at radius 2 is 2.12 bits per heavy atom. The van der Waals surface area contributed by atoms with Gasteiger partial charge in [0.1, 0.15) is 12.4 Å². The highest BCUT2D eigenvalue weighted by Gasteiger charge is 2.13. The molecule has 0 spiro atoms. The van der Waals surface area contributed by atoms with Crippen molar-refractivity contribution >= 4 is 28.2 Å². The van der Waals surface area contributed by atoms with Crippen LogP contribution in [0.5, 0.6) is 11.5 Å². The molecule has 2 rings (SSSR count). The number of hydrazone groups is 1. The van der Waals surface area contributed by atoms with Crippen molar-refractivity contribution in [1.82, 2.24) is 5.43 Å². The number of carbonyl (C=O) groups is 1. The Bertz CT molecular complexity index is 784. The maximum Gasteiger partial charge on any atom is 0.332 e. The van der Waals surface area contributed by atoms with Gasteiger partial charge in [-0.25, -0.2) is 14.6 Å². The molecule has 0 aliphatic rings. The van der Waals surface area contributed by atoms with Gasteiger partial charge in [0.15, 0.2) is 11.5 Å². The van der Waals surface area contributed by atoms with Gasteiger partial charge in [0.25, 0.3) is 0 Å². The van der Waals surface area contributed by atoms with Gasteiger partial charge >= 0.3 is 6.03 Å². The summed E-state index contributed by atoms with van der Waals surface area (Å²) in [4.78, 5) is 10.6. The first-order valence-electron chi connectivity index (χ1n) is 7.42. The number of carbonyl (C=O) groups excluding carboxylic acids is 1. The summed E-state index contributed by atoms with van der Waals surface area (Å²) in [5, 5.41) is 3.70. The minimum atomic E-state index is -0.759. The molecule has 0 saturated heterocycles. The Labute approximate surface area is 152 Å². The third-order valence-electron chi connectivity index (χ3n) is 3.05. The topological polar surface area (TPSA) is 85.9 Å². The largest absolute Gasteiger partial charge is 0.490 e. The molecule has 6 nitrogen and oxygen atoms in total. The van der Waals surface area contributed by atoms with Crippen molar-refractivity contribution in [3.8, 4) is 11.5 Å². The number of benzene rings is 2. The number of ether oxygens (including phenoxy) is 2. The zero-order valence-electron chi connectivity index (χ0n) is 13.5. The number of nitrogens with one attached hydrogen (secondary N) is 1. The van der Waals surface area contributed by atoms with Crippen LogP contribution in [0.2, 0.25) is 0 Å². The quantitative estimate of drug-likeness (QED) is 0.541. The van der Waals surface area contributed by atoms with Crippen LogP contribution in [0.1, 0.15) is 18.1 Å². The summed E-state index contributed by atoms with van der Waals surface area (Å²) >= 11 is 3.41. The number of urea groups is 1. The summed E-state index contributed by atoms with van der Waals surface area (Å²) in [5.41, 5.74) is 8.15. The SMILES string of the molecule is CCOc1cc(/C=N/NC(N)=O)cc(Br)c1OCc1ccccc1F. The van der Waals surface area contributed by atoms with Crippen LogP contribution in [-0.2, 0) is 6.61 Å². The highest BCUT2D eigenvalue weighted by atomic mass is 79.9. The van der Waals surface area contributed by atoms with Crippen molar-refractivity contribution in [1.29, 1.82) is 0 Å². The molecule has 2 aromatic carbocycles.